The number of rotatable bonds is 4. The Balaban J connectivity index is 3.20. The van der Waals surface area contributed by atoms with Gasteiger partial charge < -0.3 is 10.5 Å². The lowest BCUT2D eigenvalue weighted by molar-refractivity contribution is -0.140. The molecule has 0 amide bonds. The second-order valence-electron chi connectivity index (χ2n) is 3.64. The van der Waals surface area contributed by atoms with Gasteiger partial charge in [-0.25, -0.2) is 17.2 Å². The van der Waals surface area contributed by atoms with Gasteiger partial charge in [0.05, 0.1) is 12.8 Å². The van der Waals surface area contributed by atoms with Crippen LogP contribution in [0.1, 0.15) is 0 Å². The third kappa shape index (κ3) is 3.18. The van der Waals surface area contributed by atoms with Gasteiger partial charge in [-0.1, -0.05) is 0 Å². The Kier molecular flexibility index (Phi) is 4.43. The molecule has 0 aliphatic rings. The lowest BCUT2D eigenvalue weighted by Crippen LogP contribution is -2.33. The summed E-state index contributed by atoms with van der Waals surface area (Å²) in [5.74, 6) is -3.17. The van der Waals surface area contributed by atoms with Crippen molar-refractivity contribution in [2.45, 2.75) is 4.90 Å². The summed E-state index contributed by atoms with van der Waals surface area (Å²) in [6.07, 6.45) is 0. The highest BCUT2D eigenvalue weighted by atomic mass is 32.2. The second-order valence-corrected chi connectivity index (χ2v) is 5.65. The fraction of sp³-hybridized carbons (Fsp3) is 0.300. The molecule has 0 aliphatic carbocycles. The molecule has 6 nitrogen and oxygen atoms in total. The molecule has 1 rings (SSSR count). The van der Waals surface area contributed by atoms with Crippen LogP contribution >= 0.6 is 0 Å². The molecule has 0 unspecified atom stereocenters. The van der Waals surface area contributed by atoms with Crippen LogP contribution in [0.5, 0.6) is 0 Å². The average molecular weight is 294 g/mol. The zero-order valence-corrected chi connectivity index (χ0v) is 11.0. The monoisotopic (exact) mass is 294 g/mol. The number of ether oxygens (including phenoxy) is 1. The van der Waals surface area contributed by atoms with Crippen LogP contribution in [0.15, 0.2) is 17.0 Å². The number of hydrogen-bond acceptors (Lipinski definition) is 5. The number of methoxy groups -OCH3 is 1. The van der Waals surface area contributed by atoms with Crippen molar-refractivity contribution in [3.05, 3.63) is 23.8 Å². The standard InChI is InChI=1S/C10H12F2N2O4S/c1-14(5-10(15)18-2)19(16,17)9-4-8(13)6(11)3-7(9)12/h3-4H,5,13H2,1-2H3. The van der Waals surface area contributed by atoms with E-state index in [1.807, 2.05) is 0 Å². The molecule has 106 valence electrons. The molecule has 0 radical (unpaired) electrons. The van der Waals surface area contributed by atoms with Gasteiger partial charge in [0.25, 0.3) is 0 Å². The van der Waals surface area contributed by atoms with Crippen LogP contribution in [0, 0.1) is 11.6 Å². The SMILES string of the molecule is COC(=O)CN(C)S(=O)(=O)c1cc(N)c(F)cc1F. The lowest BCUT2D eigenvalue weighted by Gasteiger charge is -2.16. The molecular formula is C10H12F2N2O4S. The van der Waals surface area contributed by atoms with Crippen LogP contribution in [0.25, 0.3) is 0 Å². The molecule has 0 fully saturated rings. The largest absolute Gasteiger partial charge is 0.468 e. The summed E-state index contributed by atoms with van der Waals surface area (Å²) in [6.45, 7) is -0.602. The number of carbonyl (C=O) groups excluding carboxylic acids is 1. The summed E-state index contributed by atoms with van der Waals surface area (Å²) in [5.41, 5.74) is 4.69. The molecule has 1 aromatic carbocycles. The maximum atomic E-state index is 13.5. The van der Waals surface area contributed by atoms with E-state index in [4.69, 9.17) is 5.73 Å². The Labute approximate surface area is 108 Å². The van der Waals surface area contributed by atoms with E-state index in [0.717, 1.165) is 14.2 Å². The van der Waals surface area contributed by atoms with Gasteiger partial charge in [-0.05, 0) is 6.07 Å². The van der Waals surface area contributed by atoms with Crippen LogP contribution in [0.3, 0.4) is 0 Å². The quantitative estimate of drug-likeness (QED) is 0.639. The summed E-state index contributed by atoms with van der Waals surface area (Å²) in [4.78, 5) is 10.2. The molecular weight excluding hydrogens is 282 g/mol. The van der Waals surface area contributed by atoms with Crippen molar-refractivity contribution in [2.75, 3.05) is 26.4 Å². The first kappa shape index (κ1) is 15.3. The topological polar surface area (TPSA) is 89.7 Å². The van der Waals surface area contributed by atoms with Crippen molar-refractivity contribution in [1.29, 1.82) is 0 Å². The molecule has 0 bridgehead atoms. The van der Waals surface area contributed by atoms with Gasteiger partial charge in [-0.15, -0.1) is 0 Å². The Morgan fingerprint density at radius 2 is 1.95 bits per heavy atom. The van der Waals surface area contributed by atoms with Gasteiger partial charge in [0.15, 0.2) is 0 Å². The van der Waals surface area contributed by atoms with Gasteiger partial charge in [-0.3, -0.25) is 4.79 Å². The van der Waals surface area contributed by atoms with Crippen molar-refractivity contribution in [1.82, 2.24) is 4.31 Å². The van der Waals surface area contributed by atoms with Crippen molar-refractivity contribution < 1.29 is 26.7 Å². The van der Waals surface area contributed by atoms with Gasteiger partial charge in [0.1, 0.15) is 23.1 Å². The van der Waals surface area contributed by atoms with Gasteiger partial charge in [0, 0.05) is 13.1 Å². The summed E-state index contributed by atoms with van der Waals surface area (Å²) in [5, 5.41) is 0. The van der Waals surface area contributed by atoms with Crippen molar-refractivity contribution in [3.63, 3.8) is 0 Å². The number of halogens is 2. The zero-order valence-electron chi connectivity index (χ0n) is 10.2. The first-order valence-electron chi connectivity index (χ1n) is 4.97. The average Bonchev–Trinajstić information content (AvgIpc) is 2.33. The molecule has 0 saturated carbocycles. The van der Waals surface area contributed by atoms with E-state index in [9.17, 15) is 22.0 Å². The molecule has 1 aromatic rings. The van der Waals surface area contributed by atoms with E-state index >= 15 is 0 Å². The minimum absolute atomic E-state index is 0.369. The fourth-order valence-corrected chi connectivity index (χ4v) is 2.43. The summed E-state index contributed by atoms with van der Waals surface area (Å²) in [7, 11) is -2.16. The van der Waals surface area contributed by atoms with Gasteiger partial charge in [-0.2, -0.15) is 4.31 Å². The number of likely N-dealkylation sites (N-methyl/N-ethyl adjacent to an activating group) is 1. The Hall–Kier alpha value is -1.74. The normalized spacial score (nSPS) is 11.6. The van der Waals surface area contributed by atoms with Crippen molar-refractivity contribution >= 4 is 21.7 Å². The molecule has 0 aliphatic heterocycles. The van der Waals surface area contributed by atoms with Gasteiger partial charge >= 0.3 is 5.97 Å². The van der Waals surface area contributed by atoms with Crippen LogP contribution in [-0.2, 0) is 19.6 Å². The summed E-state index contributed by atoms with van der Waals surface area (Å²) >= 11 is 0. The smallest absolute Gasteiger partial charge is 0.321 e. The molecule has 0 saturated heterocycles. The number of hydrogen-bond donors (Lipinski definition) is 1. The number of carbonyl (C=O) groups is 1. The van der Waals surface area contributed by atoms with E-state index < -0.39 is 44.8 Å². The Bertz CT molecular complexity index is 604. The molecule has 0 atom stereocenters. The molecule has 19 heavy (non-hydrogen) atoms. The van der Waals surface area contributed by atoms with Crippen LogP contribution < -0.4 is 5.73 Å². The highest BCUT2D eigenvalue weighted by Crippen LogP contribution is 2.23. The first-order chi connectivity index (χ1) is 8.70. The first-order valence-corrected chi connectivity index (χ1v) is 6.41. The number of esters is 1. The third-order valence-electron chi connectivity index (χ3n) is 2.32. The number of sulfonamides is 1. The minimum atomic E-state index is -4.30. The van der Waals surface area contributed by atoms with E-state index in [0.29, 0.717) is 16.4 Å². The number of nitrogens with zero attached hydrogens (tertiary/aromatic N) is 1. The van der Waals surface area contributed by atoms with Crippen molar-refractivity contribution in [2.24, 2.45) is 0 Å². The molecule has 0 heterocycles. The number of nitrogens with two attached hydrogens (primary N) is 1. The number of anilines is 1. The summed E-state index contributed by atoms with van der Waals surface area (Å²) < 4.78 is 55.3. The second kappa shape index (κ2) is 5.49. The Morgan fingerprint density at radius 1 is 1.37 bits per heavy atom. The molecule has 0 aromatic heterocycles. The number of benzene rings is 1. The minimum Gasteiger partial charge on any atom is -0.468 e. The maximum Gasteiger partial charge on any atom is 0.321 e. The van der Waals surface area contributed by atoms with E-state index in [1.54, 1.807) is 0 Å². The van der Waals surface area contributed by atoms with Crippen LogP contribution in [0.4, 0.5) is 14.5 Å². The van der Waals surface area contributed by atoms with E-state index in [2.05, 4.69) is 4.74 Å². The van der Waals surface area contributed by atoms with Crippen LogP contribution in [0.2, 0.25) is 0 Å². The fourth-order valence-electron chi connectivity index (χ4n) is 1.24. The molecule has 9 heteroatoms. The summed E-state index contributed by atoms with van der Waals surface area (Å²) in [6, 6.07) is 1.03. The number of nitrogen functional groups attached to an aromatic ring is 1. The lowest BCUT2D eigenvalue weighted by atomic mass is 10.3. The highest BCUT2D eigenvalue weighted by molar-refractivity contribution is 7.89. The van der Waals surface area contributed by atoms with E-state index in [-0.39, 0.29) is 0 Å². The van der Waals surface area contributed by atoms with E-state index in [1.165, 1.54) is 0 Å². The predicted molar refractivity (Wildman–Crippen MR) is 62.6 cm³/mol. The molecule has 2 N–H and O–H groups in total. The molecule has 0 spiro atoms. The van der Waals surface area contributed by atoms with Crippen LogP contribution in [-0.4, -0.2) is 39.4 Å². The third-order valence-corrected chi connectivity index (χ3v) is 4.14. The van der Waals surface area contributed by atoms with Crippen molar-refractivity contribution in [3.8, 4) is 0 Å². The van der Waals surface area contributed by atoms with Gasteiger partial charge in [0.2, 0.25) is 10.0 Å². The maximum absolute atomic E-state index is 13.5. The Morgan fingerprint density at radius 3 is 2.47 bits per heavy atom. The highest BCUT2D eigenvalue weighted by Gasteiger charge is 2.27. The zero-order chi connectivity index (χ0) is 14.8. The predicted octanol–water partition coefficient (Wildman–Crippen LogP) is 0.341.